The van der Waals surface area contributed by atoms with Crippen molar-refractivity contribution in [2.24, 2.45) is 5.92 Å². The Balaban J connectivity index is 2.00. The first-order valence-electron chi connectivity index (χ1n) is 6.02. The van der Waals surface area contributed by atoms with Crippen LogP contribution < -0.4 is 5.32 Å². The van der Waals surface area contributed by atoms with Gasteiger partial charge in [-0.3, -0.25) is 0 Å². The summed E-state index contributed by atoms with van der Waals surface area (Å²) in [6, 6.07) is 8.36. The maximum Gasteiger partial charge on any atom is 0.123 e. The lowest BCUT2D eigenvalue weighted by molar-refractivity contribution is 0.164. The van der Waals surface area contributed by atoms with Gasteiger partial charge in [0.05, 0.1) is 6.61 Å². The Morgan fingerprint density at radius 3 is 3.06 bits per heavy atom. The first-order chi connectivity index (χ1) is 8.79. The van der Waals surface area contributed by atoms with Crippen LogP contribution in [0, 0.1) is 5.92 Å². The fraction of sp³-hybridized carbons (Fsp3) is 0.357. The van der Waals surface area contributed by atoms with Crippen LogP contribution in [0.1, 0.15) is 6.92 Å². The van der Waals surface area contributed by atoms with Crippen LogP contribution in [0.15, 0.2) is 35.8 Å². The number of methoxy groups -OCH3 is 1. The zero-order chi connectivity index (χ0) is 12.8. The zero-order valence-electron chi connectivity index (χ0n) is 10.7. The summed E-state index contributed by atoms with van der Waals surface area (Å²) in [6.07, 6.45) is 1.83. The average molecular weight is 262 g/mol. The molecule has 1 N–H and O–H groups in total. The molecule has 2 rings (SSSR count). The molecule has 1 heterocycles. The third kappa shape index (κ3) is 3.55. The minimum atomic E-state index is 0.499. The van der Waals surface area contributed by atoms with E-state index in [1.807, 2.05) is 11.6 Å². The summed E-state index contributed by atoms with van der Waals surface area (Å²) < 4.78 is 5.13. The molecular weight excluding hydrogens is 244 g/mol. The topological polar surface area (TPSA) is 34.1 Å². The first kappa shape index (κ1) is 13.1. The Morgan fingerprint density at radius 2 is 2.33 bits per heavy atom. The minimum Gasteiger partial charge on any atom is -0.385 e. The lowest BCUT2D eigenvalue weighted by atomic mass is 10.1. The highest BCUT2D eigenvalue weighted by Crippen LogP contribution is 2.24. The van der Waals surface area contributed by atoms with E-state index in [2.05, 4.69) is 41.5 Å². The molecule has 96 valence electrons. The number of rotatable bonds is 6. The number of thiazole rings is 1. The molecule has 1 atom stereocenters. The van der Waals surface area contributed by atoms with Crippen molar-refractivity contribution in [1.29, 1.82) is 0 Å². The highest BCUT2D eigenvalue weighted by molar-refractivity contribution is 7.13. The van der Waals surface area contributed by atoms with Crippen molar-refractivity contribution >= 4 is 17.0 Å². The van der Waals surface area contributed by atoms with Gasteiger partial charge in [-0.25, -0.2) is 4.98 Å². The van der Waals surface area contributed by atoms with Crippen LogP contribution in [0.2, 0.25) is 0 Å². The number of ether oxygens (including phenoxy) is 1. The fourth-order valence-corrected chi connectivity index (χ4v) is 2.40. The van der Waals surface area contributed by atoms with Gasteiger partial charge in [-0.05, 0) is 18.1 Å². The Morgan fingerprint density at radius 1 is 1.44 bits per heavy atom. The van der Waals surface area contributed by atoms with Crippen molar-refractivity contribution in [1.82, 2.24) is 4.98 Å². The van der Waals surface area contributed by atoms with Crippen LogP contribution in [-0.2, 0) is 4.74 Å². The molecule has 2 aromatic rings. The number of anilines is 1. The number of nitrogens with zero attached hydrogens (tertiary/aromatic N) is 1. The second-order valence-electron chi connectivity index (χ2n) is 4.36. The largest absolute Gasteiger partial charge is 0.385 e. The van der Waals surface area contributed by atoms with Gasteiger partial charge in [0, 0.05) is 36.5 Å². The third-order valence-electron chi connectivity index (χ3n) is 2.65. The molecule has 0 amide bonds. The quantitative estimate of drug-likeness (QED) is 0.865. The lowest BCUT2D eigenvalue weighted by Gasteiger charge is -2.13. The number of hydrogen-bond acceptors (Lipinski definition) is 4. The molecule has 0 saturated carbocycles. The monoisotopic (exact) mass is 262 g/mol. The summed E-state index contributed by atoms with van der Waals surface area (Å²) in [7, 11) is 1.74. The Kier molecular flexibility index (Phi) is 4.73. The Labute approximate surface area is 112 Å². The van der Waals surface area contributed by atoms with Gasteiger partial charge in [-0.1, -0.05) is 19.1 Å². The molecule has 0 bridgehead atoms. The van der Waals surface area contributed by atoms with Crippen molar-refractivity contribution in [2.45, 2.75) is 6.92 Å². The molecule has 1 aromatic carbocycles. The second-order valence-corrected chi connectivity index (χ2v) is 5.25. The fourth-order valence-electron chi connectivity index (χ4n) is 1.76. The van der Waals surface area contributed by atoms with Crippen LogP contribution in [0.5, 0.6) is 0 Å². The predicted molar refractivity (Wildman–Crippen MR) is 77.1 cm³/mol. The third-order valence-corrected chi connectivity index (χ3v) is 3.47. The minimum absolute atomic E-state index is 0.499. The van der Waals surface area contributed by atoms with Crippen LogP contribution in [0.25, 0.3) is 10.6 Å². The maximum atomic E-state index is 5.13. The SMILES string of the molecule is COCC(C)CNc1cccc(-c2nccs2)c1. The van der Waals surface area contributed by atoms with Gasteiger partial charge >= 0.3 is 0 Å². The highest BCUT2D eigenvalue weighted by Gasteiger charge is 2.03. The van der Waals surface area contributed by atoms with Crippen LogP contribution in [-0.4, -0.2) is 25.2 Å². The molecule has 0 aliphatic rings. The average Bonchev–Trinajstić information content (AvgIpc) is 2.91. The normalized spacial score (nSPS) is 12.3. The Hall–Kier alpha value is -1.39. The molecule has 0 radical (unpaired) electrons. The number of benzene rings is 1. The van der Waals surface area contributed by atoms with E-state index < -0.39 is 0 Å². The smallest absolute Gasteiger partial charge is 0.123 e. The summed E-state index contributed by atoms with van der Waals surface area (Å²) in [5.41, 5.74) is 2.29. The molecule has 18 heavy (non-hydrogen) atoms. The van der Waals surface area contributed by atoms with Gasteiger partial charge in [0.1, 0.15) is 5.01 Å². The van der Waals surface area contributed by atoms with E-state index in [4.69, 9.17) is 4.74 Å². The number of hydrogen-bond donors (Lipinski definition) is 1. The molecule has 0 aliphatic heterocycles. The van der Waals surface area contributed by atoms with Gasteiger partial charge in [-0.15, -0.1) is 11.3 Å². The van der Waals surface area contributed by atoms with E-state index in [0.717, 1.165) is 29.4 Å². The van der Waals surface area contributed by atoms with Gasteiger partial charge in [-0.2, -0.15) is 0 Å². The highest BCUT2D eigenvalue weighted by atomic mass is 32.1. The summed E-state index contributed by atoms with van der Waals surface area (Å²) in [4.78, 5) is 4.32. The van der Waals surface area contributed by atoms with Crippen LogP contribution in [0.3, 0.4) is 0 Å². The molecule has 0 saturated heterocycles. The van der Waals surface area contributed by atoms with Crippen molar-refractivity contribution < 1.29 is 4.74 Å². The van der Waals surface area contributed by atoms with E-state index in [9.17, 15) is 0 Å². The van der Waals surface area contributed by atoms with Crippen molar-refractivity contribution in [3.05, 3.63) is 35.8 Å². The van der Waals surface area contributed by atoms with Crippen molar-refractivity contribution in [3.8, 4) is 10.6 Å². The summed E-state index contributed by atoms with van der Waals surface area (Å²) >= 11 is 1.66. The second kappa shape index (κ2) is 6.52. The predicted octanol–water partition coefficient (Wildman–Crippen LogP) is 3.50. The molecule has 1 aromatic heterocycles. The molecule has 3 nitrogen and oxygen atoms in total. The summed E-state index contributed by atoms with van der Waals surface area (Å²) in [5.74, 6) is 0.499. The molecular formula is C14H18N2OS. The van der Waals surface area contributed by atoms with E-state index in [0.29, 0.717) is 5.92 Å². The molecule has 0 spiro atoms. The van der Waals surface area contributed by atoms with Crippen molar-refractivity contribution in [3.63, 3.8) is 0 Å². The maximum absolute atomic E-state index is 5.13. The van der Waals surface area contributed by atoms with Crippen molar-refractivity contribution in [2.75, 3.05) is 25.6 Å². The standard InChI is InChI=1S/C14H18N2OS/c1-11(10-17-2)9-16-13-5-3-4-12(8-13)14-15-6-7-18-14/h3-8,11,16H,9-10H2,1-2H3. The summed E-state index contributed by atoms with van der Waals surface area (Å²) in [5, 5.41) is 6.48. The van der Waals surface area contributed by atoms with Gasteiger partial charge in [0.25, 0.3) is 0 Å². The molecule has 0 aliphatic carbocycles. The number of aromatic nitrogens is 1. The first-order valence-corrected chi connectivity index (χ1v) is 6.90. The van der Waals surface area contributed by atoms with Gasteiger partial charge in [0.2, 0.25) is 0 Å². The lowest BCUT2D eigenvalue weighted by Crippen LogP contribution is -2.15. The van der Waals surface area contributed by atoms with E-state index in [1.165, 1.54) is 0 Å². The zero-order valence-corrected chi connectivity index (χ0v) is 11.5. The molecule has 4 heteroatoms. The van der Waals surface area contributed by atoms with E-state index in [1.54, 1.807) is 18.4 Å². The number of nitrogens with one attached hydrogen (secondary N) is 1. The van der Waals surface area contributed by atoms with Crippen LogP contribution >= 0.6 is 11.3 Å². The van der Waals surface area contributed by atoms with Gasteiger partial charge in [0.15, 0.2) is 0 Å². The molecule has 1 unspecified atom stereocenters. The van der Waals surface area contributed by atoms with E-state index in [-0.39, 0.29) is 0 Å². The molecule has 0 fully saturated rings. The van der Waals surface area contributed by atoms with Gasteiger partial charge < -0.3 is 10.1 Å². The Bertz CT molecular complexity index is 470. The van der Waals surface area contributed by atoms with Crippen LogP contribution in [0.4, 0.5) is 5.69 Å². The van der Waals surface area contributed by atoms with E-state index >= 15 is 0 Å². The summed E-state index contributed by atoms with van der Waals surface area (Å²) in [6.45, 7) is 3.86.